The maximum atomic E-state index is 12.2. The van der Waals surface area contributed by atoms with Gasteiger partial charge in [-0.2, -0.15) is 5.10 Å². The van der Waals surface area contributed by atoms with E-state index in [9.17, 15) is 4.79 Å². The largest absolute Gasteiger partial charge is 0.305 e. The Kier molecular flexibility index (Phi) is 4.60. The molecule has 0 spiro atoms. The number of amides is 1. The quantitative estimate of drug-likeness (QED) is 0.779. The van der Waals surface area contributed by atoms with Gasteiger partial charge in [0.15, 0.2) is 0 Å². The lowest BCUT2D eigenvalue weighted by Crippen LogP contribution is -2.17. The average molecular weight is 347 g/mol. The Balaban J connectivity index is 1.78. The van der Waals surface area contributed by atoms with Crippen molar-refractivity contribution in [2.24, 2.45) is 0 Å². The van der Waals surface area contributed by atoms with Gasteiger partial charge in [-0.25, -0.2) is 4.68 Å². The predicted octanol–water partition coefficient (Wildman–Crippen LogP) is 3.89. The molecular formula is C16H12Cl2N4O. The predicted molar refractivity (Wildman–Crippen MR) is 90.0 cm³/mol. The zero-order valence-electron chi connectivity index (χ0n) is 11.9. The Labute approximate surface area is 142 Å². The van der Waals surface area contributed by atoms with E-state index in [0.29, 0.717) is 28.1 Å². The number of rotatable bonds is 4. The highest BCUT2D eigenvalue weighted by Gasteiger charge is 2.11. The number of pyridine rings is 1. The molecule has 2 aromatic heterocycles. The summed E-state index contributed by atoms with van der Waals surface area (Å²) in [4.78, 5) is 16.2. The van der Waals surface area contributed by atoms with Gasteiger partial charge in [-0.15, -0.1) is 0 Å². The van der Waals surface area contributed by atoms with Crippen LogP contribution >= 0.6 is 23.2 Å². The second-order valence-corrected chi connectivity index (χ2v) is 5.62. The average Bonchev–Trinajstić information content (AvgIpc) is 2.98. The monoisotopic (exact) mass is 346 g/mol. The maximum absolute atomic E-state index is 12.2. The van der Waals surface area contributed by atoms with E-state index in [2.05, 4.69) is 15.4 Å². The lowest BCUT2D eigenvalue weighted by molar-refractivity contribution is 0.102. The molecule has 116 valence electrons. The van der Waals surface area contributed by atoms with E-state index in [1.165, 1.54) is 0 Å². The van der Waals surface area contributed by atoms with Crippen molar-refractivity contribution in [3.05, 3.63) is 76.2 Å². The minimum absolute atomic E-state index is 0.297. The van der Waals surface area contributed by atoms with Gasteiger partial charge in [-0.3, -0.25) is 9.78 Å². The van der Waals surface area contributed by atoms with Crippen molar-refractivity contribution < 1.29 is 4.79 Å². The summed E-state index contributed by atoms with van der Waals surface area (Å²) in [5, 5.41) is 8.12. The van der Waals surface area contributed by atoms with Crippen LogP contribution < -0.4 is 5.32 Å². The summed E-state index contributed by atoms with van der Waals surface area (Å²) >= 11 is 12.1. The highest BCUT2D eigenvalue weighted by Crippen LogP contribution is 2.22. The molecule has 2 heterocycles. The second kappa shape index (κ2) is 6.81. The van der Waals surface area contributed by atoms with Crippen LogP contribution in [-0.2, 0) is 6.54 Å². The van der Waals surface area contributed by atoms with Crippen molar-refractivity contribution in [1.29, 1.82) is 0 Å². The first-order valence-corrected chi connectivity index (χ1v) is 7.57. The molecule has 0 fully saturated rings. The molecule has 0 aliphatic heterocycles. The van der Waals surface area contributed by atoms with Crippen molar-refractivity contribution in [2.75, 3.05) is 5.32 Å². The van der Waals surface area contributed by atoms with Crippen molar-refractivity contribution in [3.8, 4) is 0 Å². The molecule has 0 radical (unpaired) electrons. The molecule has 7 heteroatoms. The first kappa shape index (κ1) is 15.5. The molecular weight excluding hydrogens is 335 g/mol. The van der Waals surface area contributed by atoms with E-state index < -0.39 is 0 Å². The fourth-order valence-electron chi connectivity index (χ4n) is 2.05. The first-order chi connectivity index (χ1) is 11.1. The molecule has 1 amide bonds. The third kappa shape index (κ3) is 3.70. The molecule has 0 atom stereocenters. The van der Waals surface area contributed by atoms with Gasteiger partial charge < -0.3 is 5.32 Å². The number of aromatic nitrogens is 3. The minimum Gasteiger partial charge on any atom is -0.305 e. The number of carbonyl (C=O) groups excluding carboxylic acids is 1. The summed E-state index contributed by atoms with van der Waals surface area (Å²) in [5.74, 6) is 0.265. The third-order valence-corrected chi connectivity index (χ3v) is 3.78. The number of nitrogens with zero attached hydrogens (tertiary/aromatic N) is 3. The van der Waals surface area contributed by atoms with E-state index in [1.54, 1.807) is 53.5 Å². The summed E-state index contributed by atoms with van der Waals surface area (Å²) in [5.41, 5.74) is 1.19. The molecule has 3 aromatic rings. The molecule has 0 aliphatic rings. The van der Waals surface area contributed by atoms with Gasteiger partial charge >= 0.3 is 0 Å². The fraction of sp³-hybridized carbons (Fsp3) is 0.0625. The Bertz CT molecular complexity index is 833. The van der Waals surface area contributed by atoms with Crippen LogP contribution in [0.2, 0.25) is 10.0 Å². The zero-order valence-corrected chi connectivity index (χ0v) is 13.4. The van der Waals surface area contributed by atoms with Crippen molar-refractivity contribution in [2.45, 2.75) is 6.54 Å². The smallest absolute Gasteiger partial charge is 0.275 e. The molecule has 0 unspecified atom stereocenters. The second-order valence-electron chi connectivity index (χ2n) is 4.78. The summed E-state index contributed by atoms with van der Waals surface area (Å²) in [6.45, 7) is 0.417. The van der Waals surface area contributed by atoms with Gasteiger partial charge in [0.05, 0.1) is 12.7 Å². The van der Waals surface area contributed by atoms with E-state index in [4.69, 9.17) is 23.2 Å². The lowest BCUT2D eigenvalue weighted by atomic mass is 10.2. The van der Waals surface area contributed by atoms with Crippen molar-refractivity contribution >= 4 is 34.9 Å². The standard InChI is InChI=1S/C16H12Cl2N4O/c17-12-5-4-11(13(18)9-12)10-22-15(6-8-20-22)21-16(23)14-3-1-2-7-19-14/h1-9H,10H2,(H,21,23). The number of anilines is 1. The van der Waals surface area contributed by atoms with Gasteiger partial charge in [0.25, 0.3) is 5.91 Å². The lowest BCUT2D eigenvalue weighted by Gasteiger charge is -2.10. The number of hydrogen-bond acceptors (Lipinski definition) is 3. The molecule has 0 saturated heterocycles. The van der Waals surface area contributed by atoms with Crippen LogP contribution in [0.1, 0.15) is 16.1 Å². The molecule has 1 N–H and O–H groups in total. The highest BCUT2D eigenvalue weighted by atomic mass is 35.5. The highest BCUT2D eigenvalue weighted by molar-refractivity contribution is 6.35. The van der Waals surface area contributed by atoms with Gasteiger partial charge in [-0.1, -0.05) is 35.3 Å². The van der Waals surface area contributed by atoms with Crippen molar-refractivity contribution in [1.82, 2.24) is 14.8 Å². The summed E-state index contributed by atoms with van der Waals surface area (Å²) < 4.78 is 1.65. The van der Waals surface area contributed by atoms with Gasteiger partial charge in [-0.05, 0) is 29.8 Å². The molecule has 5 nitrogen and oxygen atoms in total. The SMILES string of the molecule is O=C(Nc1ccnn1Cc1ccc(Cl)cc1Cl)c1ccccn1. The van der Waals surface area contributed by atoms with Crippen LogP contribution in [0.5, 0.6) is 0 Å². The van der Waals surface area contributed by atoms with E-state index in [0.717, 1.165) is 5.56 Å². The van der Waals surface area contributed by atoms with E-state index in [1.807, 2.05) is 6.07 Å². The zero-order chi connectivity index (χ0) is 16.2. The number of nitrogens with one attached hydrogen (secondary N) is 1. The van der Waals surface area contributed by atoms with Gasteiger partial charge in [0, 0.05) is 22.3 Å². The molecule has 1 aromatic carbocycles. The molecule has 3 rings (SSSR count). The van der Waals surface area contributed by atoms with Crippen LogP contribution in [0.25, 0.3) is 0 Å². The fourth-order valence-corrected chi connectivity index (χ4v) is 2.52. The Morgan fingerprint density at radius 1 is 1.13 bits per heavy atom. The topological polar surface area (TPSA) is 59.8 Å². The molecule has 23 heavy (non-hydrogen) atoms. The summed E-state index contributed by atoms with van der Waals surface area (Å²) in [6.07, 6.45) is 3.18. The Hall–Kier alpha value is -2.37. The summed E-state index contributed by atoms with van der Waals surface area (Å²) in [7, 11) is 0. The van der Waals surface area contributed by atoms with Crippen LogP contribution in [0.4, 0.5) is 5.82 Å². The van der Waals surface area contributed by atoms with Crippen LogP contribution in [0.15, 0.2) is 54.9 Å². The third-order valence-electron chi connectivity index (χ3n) is 3.19. The number of benzene rings is 1. The van der Waals surface area contributed by atoms with Crippen LogP contribution in [0.3, 0.4) is 0 Å². The normalized spacial score (nSPS) is 10.5. The number of carbonyl (C=O) groups is 1. The summed E-state index contributed by atoms with van der Waals surface area (Å²) in [6, 6.07) is 12.1. The van der Waals surface area contributed by atoms with Crippen LogP contribution in [-0.4, -0.2) is 20.7 Å². The molecule has 0 aliphatic carbocycles. The Morgan fingerprint density at radius 3 is 2.74 bits per heavy atom. The van der Waals surface area contributed by atoms with Crippen molar-refractivity contribution in [3.63, 3.8) is 0 Å². The minimum atomic E-state index is -0.297. The first-order valence-electron chi connectivity index (χ1n) is 6.81. The van der Waals surface area contributed by atoms with Gasteiger partial charge in [0.2, 0.25) is 0 Å². The van der Waals surface area contributed by atoms with Crippen LogP contribution in [0, 0.1) is 0 Å². The molecule has 0 saturated carbocycles. The number of hydrogen-bond donors (Lipinski definition) is 1. The maximum Gasteiger partial charge on any atom is 0.275 e. The van der Waals surface area contributed by atoms with E-state index >= 15 is 0 Å². The number of halogens is 2. The Morgan fingerprint density at radius 2 is 2.00 bits per heavy atom. The molecule has 0 bridgehead atoms. The van der Waals surface area contributed by atoms with E-state index in [-0.39, 0.29) is 5.91 Å². The van der Waals surface area contributed by atoms with Gasteiger partial charge in [0.1, 0.15) is 11.5 Å².